The summed E-state index contributed by atoms with van der Waals surface area (Å²) in [6, 6.07) is -0.904. The van der Waals surface area contributed by atoms with E-state index in [1.54, 1.807) is 27.7 Å². The van der Waals surface area contributed by atoms with Gasteiger partial charge in [0, 0.05) is 5.54 Å². The van der Waals surface area contributed by atoms with E-state index in [1.807, 2.05) is 0 Å². The SMILES string of the molecule is CC(C)(N)C(C)(C)N(O)C(N)=O. The highest BCUT2D eigenvalue weighted by Gasteiger charge is 2.40. The van der Waals surface area contributed by atoms with Gasteiger partial charge in [-0.1, -0.05) is 0 Å². The second kappa shape index (κ2) is 2.91. The van der Waals surface area contributed by atoms with Crippen molar-refractivity contribution in [3.8, 4) is 0 Å². The largest absolute Gasteiger partial charge is 0.350 e. The van der Waals surface area contributed by atoms with Crippen molar-refractivity contribution in [3.05, 3.63) is 0 Å². The van der Waals surface area contributed by atoms with E-state index >= 15 is 0 Å². The van der Waals surface area contributed by atoms with E-state index in [1.165, 1.54) is 0 Å². The average Bonchev–Trinajstić information content (AvgIpc) is 1.83. The molecule has 0 aromatic heterocycles. The molecule has 0 unspecified atom stereocenters. The van der Waals surface area contributed by atoms with Gasteiger partial charge in [0.25, 0.3) is 0 Å². The summed E-state index contributed by atoms with van der Waals surface area (Å²) in [5, 5.41) is 9.72. The Morgan fingerprint density at radius 1 is 1.33 bits per heavy atom. The van der Waals surface area contributed by atoms with Crippen LogP contribution in [-0.4, -0.2) is 27.4 Å². The first-order chi connectivity index (χ1) is 5.10. The van der Waals surface area contributed by atoms with Gasteiger partial charge in [0.2, 0.25) is 0 Å². The standard InChI is InChI=1S/C7H17N3O2/c1-6(2,9)7(3,4)10(12)5(8)11/h12H,9H2,1-4H3,(H2,8,11). The highest BCUT2D eigenvalue weighted by molar-refractivity contribution is 5.71. The summed E-state index contributed by atoms with van der Waals surface area (Å²) in [6.07, 6.45) is 0. The molecule has 12 heavy (non-hydrogen) atoms. The van der Waals surface area contributed by atoms with Crippen molar-refractivity contribution in [2.24, 2.45) is 11.5 Å². The third-order valence-corrected chi connectivity index (χ3v) is 2.32. The lowest BCUT2D eigenvalue weighted by molar-refractivity contribution is -0.132. The normalized spacial score (nSPS) is 12.8. The molecule has 0 heterocycles. The minimum atomic E-state index is -0.904. The molecule has 0 aliphatic rings. The predicted molar refractivity (Wildman–Crippen MR) is 45.6 cm³/mol. The number of nitrogens with two attached hydrogens (primary N) is 2. The van der Waals surface area contributed by atoms with Gasteiger partial charge in [0.15, 0.2) is 0 Å². The second-order valence-electron chi connectivity index (χ2n) is 3.93. The van der Waals surface area contributed by atoms with Crippen LogP contribution in [0.3, 0.4) is 0 Å². The zero-order chi connectivity index (χ0) is 10.2. The molecule has 0 aromatic carbocycles. The maximum absolute atomic E-state index is 10.6. The summed E-state index contributed by atoms with van der Waals surface area (Å²) in [5.74, 6) is 0. The Kier molecular flexibility index (Phi) is 2.72. The van der Waals surface area contributed by atoms with Gasteiger partial charge in [-0.25, -0.2) is 4.79 Å². The number of nitrogens with zero attached hydrogens (tertiary/aromatic N) is 1. The molecule has 5 heteroatoms. The van der Waals surface area contributed by atoms with Gasteiger partial charge < -0.3 is 11.5 Å². The van der Waals surface area contributed by atoms with E-state index in [-0.39, 0.29) is 0 Å². The minimum absolute atomic E-state index is 0.451. The molecule has 5 N–H and O–H groups in total. The Balaban J connectivity index is 4.73. The summed E-state index contributed by atoms with van der Waals surface area (Å²) in [6.45, 7) is 6.69. The molecule has 0 saturated carbocycles. The first-order valence-corrected chi connectivity index (χ1v) is 3.68. The number of hydrogen-bond acceptors (Lipinski definition) is 3. The van der Waals surface area contributed by atoms with Crippen molar-refractivity contribution >= 4 is 6.03 Å². The van der Waals surface area contributed by atoms with E-state index in [4.69, 9.17) is 11.5 Å². The molecule has 0 saturated heterocycles. The zero-order valence-electron chi connectivity index (χ0n) is 7.96. The van der Waals surface area contributed by atoms with E-state index in [0.29, 0.717) is 5.06 Å². The lowest BCUT2D eigenvalue weighted by Gasteiger charge is -2.42. The number of urea groups is 1. The Morgan fingerprint density at radius 3 is 1.75 bits per heavy atom. The van der Waals surface area contributed by atoms with Gasteiger partial charge >= 0.3 is 6.03 Å². The first kappa shape index (κ1) is 11.2. The number of carbonyl (C=O) groups excluding carboxylic acids is 1. The minimum Gasteiger partial charge on any atom is -0.350 e. The summed E-state index contributed by atoms with van der Waals surface area (Å²) in [4.78, 5) is 10.6. The van der Waals surface area contributed by atoms with Gasteiger partial charge in [0.05, 0.1) is 5.54 Å². The lowest BCUT2D eigenvalue weighted by Crippen LogP contribution is -2.63. The van der Waals surface area contributed by atoms with Gasteiger partial charge in [-0.2, -0.15) is 5.06 Å². The molecule has 0 aliphatic carbocycles. The Morgan fingerprint density at radius 2 is 1.67 bits per heavy atom. The van der Waals surface area contributed by atoms with Crippen LogP contribution >= 0.6 is 0 Å². The van der Waals surface area contributed by atoms with Gasteiger partial charge in [0.1, 0.15) is 0 Å². The van der Waals surface area contributed by atoms with Gasteiger partial charge in [-0.15, -0.1) is 0 Å². The summed E-state index contributed by atoms with van der Waals surface area (Å²) in [5.41, 5.74) is 9.03. The number of rotatable bonds is 2. The summed E-state index contributed by atoms with van der Waals surface area (Å²) < 4.78 is 0. The number of primary amides is 1. The monoisotopic (exact) mass is 175 g/mol. The molecule has 5 nitrogen and oxygen atoms in total. The molecular weight excluding hydrogens is 158 g/mol. The van der Waals surface area contributed by atoms with Crippen molar-refractivity contribution in [2.75, 3.05) is 0 Å². The predicted octanol–water partition coefficient (Wildman–Crippen LogP) is 0.272. The topological polar surface area (TPSA) is 92.6 Å². The number of hydrogen-bond donors (Lipinski definition) is 3. The van der Waals surface area contributed by atoms with Crippen molar-refractivity contribution < 1.29 is 10.0 Å². The Bertz CT molecular complexity index is 184. The van der Waals surface area contributed by atoms with E-state index in [2.05, 4.69) is 0 Å². The van der Waals surface area contributed by atoms with Gasteiger partial charge in [-0.3, -0.25) is 5.21 Å². The summed E-state index contributed by atoms with van der Waals surface area (Å²) in [7, 11) is 0. The van der Waals surface area contributed by atoms with Crippen LogP contribution in [0.2, 0.25) is 0 Å². The van der Waals surface area contributed by atoms with Crippen molar-refractivity contribution in [1.29, 1.82) is 0 Å². The van der Waals surface area contributed by atoms with E-state index in [0.717, 1.165) is 0 Å². The van der Waals surface area contributed by atoms with Crippen LogP contribution in [0.25, 0.3) is 0 Å². The smallest absolute Gasteiger partial charge is 0.339 e. The number of hydroxylamine groups is 2. The van der Waals surface area contributed by atoms with Gasteiger partial charge in [-0.05, 0) is 27.7 Å². The fraction of sp³-hybridized carbons (Fsp3) is 0.857. The lowest BCUT2D eigenvalue weighted by atomic mass is 9.83. The maximum Gasteiger partial charge on any atom is 0.339 e. The second-order valence-corrected chi connectivity index (χ2v) is 3.93. The third-order valence-electron chi connectivity index (χ3n) is 2.32. The van der Waals surface area contributed by atoms with Crippen LogP contribution in [0, 0.1) is 0 Å². The Labute approximate surface area is 72.3 Å². The van der Waals surface area contributed by atoms with Crippen molar-refractivity contribution in [1.82, 2.24) is 5.06 Å². The van der Waals surface area contributed by atoms with Crippen LogP contribution in [0.5, 0.6) is 0 Å². The summed E-state index contributed by atoms with van der Waals surface area (Å²) >= 11 is 0. The van der Waals surface area contributed by atoms with Crippen molar-refractivity contribution in [3.63, 3.8) is 0 Å². The maximum atomic E-state index is 10.6. The average molecular weight is 175 g/mol. The first-order valence-electron chi connectivity index (χ1n) is 3.68. The van der Waals surface area contributed by atoms with Crippen LogP contribution in [0.15, 0.2) is 0 Å². The molecule has 0 rings (SSSR count). The van der Waals surface area contributed by atoms with Crippen LogP contribution in [0.1, 0.15) is 27.7 Å². The molecule has 0 spiro atoms. The highest BCUT2D eigenvalue weighted by Crippen LogP contribution is 2.23. The molecular formula is C7H17N3O2. The van der Waals surface area contributed by atoms with Crippen LogP contribution in [-0.2, 0) is 0 Å². The van der Waals surface area contributed by atoms with E-state index in [9.17, 15) is 10.0 Å². The highest BCUT2D eigenvalue weighted by atomic mass is 16.5. The van der Waals surface area contributed by atoms with Crippen LogP contribution in [0.4, 0.5) is 4.79 Å². The van der Waals surface area contributed by atoms with Crippen molar-refractivity contribution in [2.45, 2.75) is 38.8 Å². The quantitative estimate of drug-likeness (QED) is 0.415. The molecule has 72 valence electrons. The third kappa shape index (κ3) is 1.86. The zero-order valence-corrected chi connectivity index (χ0v) is 7.96. The van der Waals surface area contributed by atoms with Crippen LogP contribution < -0.4 is 11.5 Å². The molecule has 0 fully saturated rings. The molecule has 0 atom stereocenters. The molecule has 2 amide bonds. The Hall–Kier alpha value is -0.810. The molecule has 0 radical (unpaired) electrons. The fourth-order valence-electron chi connectivity index (χ4n) is 0.548. The molecule has 0 aromatic rings. The number of carbonyl (C=O) groups is 1. The van der Waals surface area contributed by atoms with E-state index < -0.39 is 17.1 Å². The molecule has 0 aliphatic heterocycles. The number of amides is 2. The fourth-order valence-corrected chi connectivity index (χ4v) is 0.548. The molecule has 0 bridgehead atoms.